The summed E-state index contributed by atoms with van der Waals surface area (Å²) in [6, 6.07) is 7.69. The second kappa shape index (κ2) is 7.55. The number of benzene rings is 1. The van der Waals surface area contributed by atoms with E-state index in [1.165, 1.54) is 0 Å². The lowest BCUT2D eigenvalue weighted by Gasteiger charge is -2.04. The first-order valence-electron chi connectivity index (χ1n) is 5.96. The van der Waals surface area contributed by atoms with Crippen molar-refractivity contribution in [3.05, 3.63) is 77.4 Å². The Labute approximate surface area is 120 Å². The molecule has 0 saturated heterocycles. The normalized spacial score (nSPS) is 12.8. The minimum absolute atomic E-state index is 0.705. The van der Waals surface area contributed by atoms with E-state index in [4.69, 9.17) is 11.6 Å². The van der Waals surface area contributed by atoms with Crippen molar-refractivity contribution < 1.29 is 0 Å². The molecule has 0 spiro atoms. The molecule has 0 fully saturated rings. The van der Waals surface area contributed by atoms with Gasteiger partial charge in [0.1, 0.15) is 0 Å². The topological polar surface area (TPSA) is 12.4 Å². The monoisotopic (exact) mass is 271 g/mol. The van der Waals surface area contributed by atoms with Crippen LogP contribution in [0.5, 0.6) is 0 Å². The Kier molecular flexibility index (Phi) is 6.04. The van der Waals surface area contributed by atoms with Crippen LogP contribution in [0.3, 0.4) is 0 Å². The van der Waals surface area contributed by atoms with Crippen molar-refractivity contribution in [3.8, 4) is 0 Å². The third kappa shape index (κ3) is 5.11. The molecule has 0 aliphatic heterocycles. The molecule has 1 rings (SSSR count). The summed E-state index contributed by atoms with van der Waals surface area (Å²) in [5.41, 5.74) is 3.97. The van der Waals surface area contributed by atoms with Crippen LogP contribution in [0.25, 0.3) is 5.57 Å². The number of nitrogens with zero attached hydrogens (tertiary/aromatic N) is 1. The van der Waals surface area contributed by atoms with E-state index in [9.17, 15) is 0 Å². The van der Waals surface area contributed by atoms with Crippen LogP contribution in [0.4, 0.5) is 0 Å². The molecule has 0 bridgehead atoms. The molecule has 98 valence electrons. The Morgan fingerprint density at radius 2 is 2.05 bits per heavy atom. The fourth-order valence-electron chi connectivity index (χ4n) is 1.63. The Morgan fingerprint density at radius 1 is 1.32 bits per heavy atom. The molecular weight excluding hydrogens is 254 g/mol. The van der Waals surface area contributed by atoms with Crippen molar-refractivity contribution in [2.24, 2.45) is 4.99 Å². The minimum atomic E-state index is 0.705. The van der Waals surface area contributed by atoms with Crippen LogP contribution < -0.4 is 0 Å². The SMILES string of the molecule is C=CC(/C=C(\C=N/C)c1cccc(Cl)c1)=C\C(=C)C. The number of rotatable bonds is 5. The van der Waals surface area contributed by atoms with Crippen molar-refractivity contribution in [1.29, 1.82) is 0 Å². The highest BCUT2D eigenvalue weighted by Crippen LogP contribution is 2.20. The lowest BCUT2D eigenvalue weighted by molar-refractivity contribution is 1.47. The highest BCUT2D eigenvalue weighted by Gasteiger charge is 2.00. The van der Waals surface area contributed by atoms with E-state index < -0.39 is 0 Å². The molecule has 0 saturated carbocycles. The van der Waals surface area contributed by atoms with Crippen molar-refractivity contribution in [1.82, 2.24) is 0 Å². The van der Waals surface area contributed by atoms with E-state index in [0.717, 1.165) is 22.3 Å². The van der Waals surface area contributed by atoms with Crippen molar-refractivity contribution in [2.75, 3.05) is 7.05 Å². The van der Waals surface area contributed by atoms with Gasteiger partial charge in [-0.25, -0.2) is 0 Å². The standard InChI is InChI=1S/C17H18ClN/c1-5-14(9-13(2)3)10-16(12-19-4)15-7-6-8-17(18)11-15/h5-12H,1-2H2,3-4H3/b14-9+,16-10+,19-12-. The van der Waals surface area contributed by atoms with E-state index in [1.807, 2.05) is 43.3 Å². The van der Waals surface area contributed by atoms with Crippen LogP contribution in [0.1, 0.15) is 12.5 Å². The molecule has 0 aliphatic rings. The van der Waals surface area contributed by atoms with Gasteiger partial charge in [-0.1, -0.05) is 54.6 Å². The first kappa shape index (κ1) is 15.2. The predicted molar refractivity (Wildman–Crippen MR) is 86.9 cm³/mol. The molecule has 0 heterocycles. The van der Waals surface area contributed by atoms with Gasteiger partial charge < -0.3 is 0 Å². The van der Waals surface area contributed by atoms with Crippen LogP contribution in [0.15, 0.2) is 71.8 Å². The molecule has 0 atom stereocenters. The van der Waals surface area contributed by atoms with Crippen LogP contribution in [-0.2, 0) is 0 Å². The molecule has 1 aromatic carbocycles. The molecule has 1 aromatic rings. The second-order valence-electron chi connectivity index (χ2n) is 4.19. The lowest BCUT2D eigenvalue weighted by atomic mass is 10.0. The summed E-state index contributed by atoms with van der Waals surface area (Å²) in [4.78, 5) is 4.09. The fraction of sp³-hybridized carbons (Fsp3) is 0.118. The van der Waals surface area contributed by atoms with E-state index in [2.05, 4.69) is 18.2 Å². The third-order valence-electron chi connectivity index (χ3n) is 2.40. The van der Waals surface area contributed by atoms with Gasteiger partial charge in [0.25, 0.3) is 0 Å². The molecular formula is C17H18ClN. The Morgan fingerprint density at radius 3 is 2.58 bits per heavy atom. The van der Waals surface area contributed by atoms with Crippen LogP contribution in [0, 0.1) is 0 Å². The highest BCUT2D eigenvalue weighted by molar-refractivity contribution is 6.31. The van der Waals surface area contributed by atoms with E-state index in [1.54, 1.807) is 19.3 Å². The first-order valence-corrected chi connectivity index (χ1v) is 6.34. The second-order valence-corrected chi connectivity index (χ2v) is 4.63. The number of aliphatic imine (C=N–C) groups is 1. The maximum Gasteiger partial charge on any atom is 0.0412 e. The lowest BCUT2D eigenvalue weighted by Crippen LogP contribution is -1.88. The van der Waals surface area contributed by atoms with Gasteiger partial charge >= 0.3 is 0 Å². The zero-order chi connectivity index (χ0) is 14.3. The van der Waals surface area contributed by atoms with Gasteiger partial charge in [-0.05, 0) is 36.3 Å². The zero-order valence-electron chi connectivity index (χ0n) is 11.4. The van der Waals surface area contributed by atoms with Gasteiger partial charge in [-0.3, -0.25) is 4.99 Å². The largest absolute Gasteiger partial charge is 0.296 e. The summed E-state index contributed by atoms with van der Waals surface area (Å²) in [5.74, 6) is 0. The summed E-state index contributed by atoms with van der Waals surface area (Å²) in [5, 5.41) is 0.705. The summed E-state index contributed by atoms with van der Waals surface area (Å²) in [7, 11) is 1.74. The Balaban J connectivity index is 3.27. The average Bonchev–Trinajstić information content (AvgIpc) is 2.36. The van der Waals surface area contributed by atoms with Crippen molar-refractivity contribution in [3.63, 3.8) is 0 Å². The van der Waals surface area contributed by atoms with E-state index in [-0.39, 0.29) is 0 Å². The molecule has 0 radical (unpaired) electrons. The van der Waals surface area contributed by atoms with Gasteiger partial charge in [0.15, 0.2) is 0 Å². The summed E-state index contributed by atoms with van der Waals surface area (Å²) in [6.07, 6.45) is 7.59. The van der Waals surface area contributed by atoms with E-state index in [0.29, 0.717) is 5.02 Å². The molecule has 2 heteroatoms. The zero-order valence-corrected chi connectivity index (χ0v) is 12.1. The van der Waals surface area contributed by atoms with Crippen LogP contribution >= 0.6 is 11.6 Å². The average molecular weight is 272 g/mol. The molecule has 0 aromatic heterocycles. The Bertz CT molecular complexity index is 562. The van der Waals surface area contributed by atoms with E-state index >= 15 is 0 Å². The molecule has 0 aliphatic carbocycles. The van der Waals surface area contributed by atoms with Gasteiger partial charge in [0.2, 0.25) is 0 Å². The number of hydrogen-bond acceptors (Lipinski definition) is 1. The van der Waals surface area contributed by atoms with Gasteiger partial charge in [0.05, 0.1) is 0 Å². The summed E-state index contributed by atoms with van der Waals surface area (Å²) >= 11 is 6.02. The number of hydrogen-bond donors (Lipinski definition) is 0. The molecule has 0 N–H and O–H groups in total. The molecule has 19 heavy (non-hydrogen) atoms. The van der Waals surface area contributed by atoms with Gasteiger partial charge in [0, 0.05) is 23.9 Å². The first-order chi connectivity index (χ1) is 9.06. The highest BCUT2D eigenvalue weighted by atomic mass is 35.5. The van der Waals surface area contributed by atoms with Crippen LogP contribution in [-0.4, -0.2) is 13.3 Å². The van der Waals surface area contributed by atoms with Crippen molar-refractivity contribution in [2.45, 2.75) is 6.92 Å². The predicted octanol–water partition coefficient (Wildman–Crippen LogP) is 5.11. The Hall–Kier alpha value is -1.86. The number of halogens is 1. The number of allylic oxidation sites excluding steroid dienone is 6. The molecule has 0 unspecified atom stereocenters. The maximum absolute atomic E-state index is 6.02. The van der Waals surface area contributed by atoms with Crippen LogP contribution in [0.2, 0.25) is 5.02 Å². The summed E-state index contributed by atoms with van der Waals surface area (Å²) in [6.45, 7) is 9.64. The van der Waals surface area contributed by atoms with Gasteiger partial charge in [-0.15, -0.1) is 0 Å². The quantitative estimate of drug-likeness (QED) is 0.521. The minimum Gasteiger partial charge on any atom is -0.296 e. The summed E-state index contributed by atoms with van der Waals surface area (Å²) < 4.78 is 0. The van der Waals surface area contributed by atoms with Gasteiger partial charge in [-0.2, -0.15) is 0 Å². The maximum atomic E-state index is 6.02. The molecule has 1 nitrogen and oxygen atoms in total. The molecule has 0 amide bonds. The smallest absolute Gasteiger partial charge is 0.0412 e. The van der Waals surface area contributed by atoms with Crippen molar-refractivity contribution >= 4 is 23.4 Å². The fourth-order valence-corrected chi connectivity index (χ4v) is 1.82. The third-order valence-corrected chi connectivity index (χ3v) is 2.63.